The Morgan fingerprint density at radius 1 is 1.12 bits per heavy atom. The average Bonchev–Trinajstić information content (AvgIpc) is 3.18. The SMILES string of the molecule is Cl.c1cncc(C2CNCCN2Cc2ccc(-n3cncn3)cc2)c1. The summed E-state index contributed by atoms with van der Waals surface area (Å²) >= 11 is 0. The number of rotatable bonds is 4. The van der Waals surface area contributed by atoms with E-state index in [2.05, 4.69) is 55.6 Å². The van der Waals surface area contributed by atoms with Gasteiger partial charge in [-0.05, 0) is 29.3 Å². The number of nitrogens with zero attached hydrogens (tertiary/aromatic N) is 5. The lowest BCUT2D eigenvalue weighted by Crippen LogP contribution is -2.45. The zero-order chi connectivity index (χ0) is 16.2. The molecule has 3 heterocycles. The van der Waals surface area contributed by atoms with Gasteiger partial charge in [0.15, 0.2) is 0 Å². The predicted octanol–water partition coefficient (Wildman–Crippen LogP) is 2.23. The van der Waals surface area contributed by atoms with Crippen LogP contribution < -0.4 is 5.32 Å². The minimum atomic E-state index is 0. The fraction of sp³-hybridized carbons (Fsp3) is 0.278. The molecule has 6 nitrogen and oxygen atoms in total. The van der Waals surface area contributed by atoms with Crippen LogP contribution in [0.1, 0.15) is 17.2 Å². The topological polar surface area (TPSA) is 58.9 Å². The van der Waals surface area contributed by atoms with Crippen LogP contribution in [0.25, 0.3) is 5.69 Å². The van der Waals surface area contributed by atoms with Crippen molar-refractivity contribution in [1.82, 2.24) is 30.0 Å². The Morgan fingerprint density at radius 3 is 2.72 bits per heavy atom. The first-order valence-corrected chi connectivity index (χ1v) is 8.19. The van der Waals surface area contributed by atoms with E-state index in [1.54, 1.807) is 17.3 Å². The number of hydrogen-bond acceptors (Lipinski definition) is 5. The first-order chi connectivity index (χ1) is 11.9. The van der Waals surface area contributed by atoms with Crippen molar-refractivity contribution < 1.29 is 0 Å². The van der Waals surface area contributed by atoms with Gasteiger partial charge in [-0.1, -0.05) is 18.2 Å². The van der Waals surface area contributed by atoms with E-state index in [1.807, 2.05) is 18.5 Å². The normalized spacial score (nSPS) is 17.8. The molecule has 25 heavy (non-hydrogen) atoms. The van der Waals surface area contributed by atoms with Crippen molar-refractivity contribution in [1.29, 1.82) is 0 Å². The Bertz CT molecular complexity index is 760. The Labute approximate surface area is 153 Å². The van der Waals surface area contributed by atoms with Gasteiger partial charge >= 0.3 is 0 Å². The van der Waals surface area contributed by atoms with E-state index in [1.165, 1.54) is 11.1 Å². The Morgan fingerprint density at radius 2 is 2.00 bits per heavy atom. The summed E-state index contributed by atoms with van der Waals surface area (Å²) in [5.74, 6) is 0. The molecule has 4 rings (SSSR count). The zero-order valence-electron chi connectivity index (χ0n) is 13.8. The van der Waals surface area contributed by atoms with Crippen molar-refractivity contribution in [2.45, 2.75) is 12.6 Å². The standard InChI is InChI=1S/C18H20N6.ClH/c1-2-16(10-19-7-1)18-11-20-8-9-23(18)12-15-3-5-17(6-4-15)24-14-21-13-22-24;/h1-7,10,13-14,18,20H,8-9,11-12H2;1H. The second-order valence-corrected chi connectivity index (χ2v) is 5.98. The molecule has 0 bridgehead atoms. The highest BCUT2D eigenvalue weighted by Crippen LogP contribution is 2.23. The predicted molar refractivity (Wildman–Crippen MR) is 98.9 cm³/mol. The van der Waals surface area contributed by atoms with Crippen molar-refractivity contribution in [3.05, 3.63) is 72.6 Å². The van der Waals surface area contributed by atoms with Gasteiger partial charge < -0.3 is 5.32 Å². The molecule has 0 saturated carbocycles. The molecule has 1 aromatic carbocycles. The Balaban J connectivity index is 0.00000182. The molecule has 1 fully saturated rings. The van der Waals surface area contributed by atoms with Crippen LogP contribution in [0, 0.1) is 0 Å². The smallest absolute Gasteiger partial charge is 0.138 e. The number of pyridine rings is 1. The summed E-state index contributed by atoms with van der Waals surface area (Å²) in [5.41, 5.74) is 3.60. The molecule has 0 radical (unpaired) electrons. The van der Waals surface area contributed by atoms with Crippen LogP contribution in [0.4, 0.5) is 0 Å². The monoisotopic (exact) mass is 356 g/mol. The van der Waals surface area contributed by atoms with E-state index in [9.17, 15) is 0 Å². The number of nitrogens with one attached hydrogen (secondary N) is 1. The molecular formula is C18H21ClN6. The van der Waals surface area contributed by atoms with Gasteiger partial charge in [-0.25, -0.2) is 9.67 Å². The van der Waals surface area contributed by atoms with Crippen LogP contribution in [0.3, 0.4) is 0 Å². The van der Waals surface area contributed by atoms with Crippen molar-refractivity contribution in [2.24, 2.45) is 0 Å². The summed E-state index contributed by atoms with van der Waals surface area (Å²) in [6.45, 7) is 3.94. The molecule has 7 heteroatoms. The van der Waals surface area contributed by atoms with Crippen molar-refractivity contribution in [2.75, 3.05) is 19.6 Å². The highest BCUT2D eigenvalue weighted by Gasteiger charge is 2.23. The summed E-state index contributed by atoms with van der Waals surface area (Å²) in [6, 6.07) is 13.0. The molecular weight excluding hydrogens is 336 g/mol. The Hall–Kier alpha value is -2.28. The number of piperazine rings is 1. The molecule has 130 valence electrons. The lowest BCUT2D eigenvalue weighted by Gasteiger charge is -2.36. The fourth-order valence-corrected chi connectivity index (χ4v) is 3.17. The van der Waals surface area contributed by atoms with Gasteiger partial charge in [-0.15, -0.1) is 12.4 Å². The maximum absolute atomic E-state index is 4.27. The van der Waals surface area contributed by atoms with Gasteiger partial charge in [0.2, 0.25) is 0 Å². The molecule has 0 aliphatic carbocycles. The first-order valence-electron chi connectivity index (χ1n) is 8.19. The van der Waals surface area contributed by atoms with E-state index in [4.69, 9.17) is 0 Å². The summed E-state index contributed by atoms with van der Waals surface area (Å²) in [4.78, 5) is 10.8. The average molecular weight is 357 g/mol. The van der Waals surface area contributed by atoms with Crippen molar-refractivity contribution in [3.8, 4) is 5.69 Å². The second-order valence-electron chi connectivity index (χ2n) is 5.98. The quantitative estimate of drug-likeness (QED) is 0.776. The Kier molecular flexibility index (Phi) is 5.75. The number of halogens is 1. The van der Waals surface area contributed by atoms with Crippen LogP contribution in [0.5, 0.6) is 0 Å². The number of aromatic nitrogens is 4. The van der Waals surface area contributed by atoms with Gasteiger partial charge in [0.1, 0.15) is 12.7 Å². The third kappa shape index (κ3) is 4.04. The summed E-state index contributed by atoms with van der Waals surface area (Å²) in [5, 5.41) is 7.65. The second kappa shape index (κ2) is 8.20. The fourth-order valence-electron chi connectivity index (χ4n) is 3.17. The van der Waals surface area contributed by atoms with Crippen LogP contribution in [0.2, 0.25) is 0 Å². The summed E-state index contributed by atoms with van der Waals surface area (Å²) in [6.07, 6.45) is 7.06. The van der Waals surface area contributed by atoms with E-state index in [0.29, 0.717) is 6.04 Å². The zero-order valence-corrected chi connectivity index (χ0v) is 14.6. The molecule has 0 amide bonds. The van der Waals surface area contributed by atoms with Gasteiger partial charge in [0, 0.05) is 44.6 Å². The van der Waals surface area contributed by atoms with Crippen LogP contribution in [-0.4, -0.2) is 44.3 Å². The van der Waals surface area contributed by atoms with E-state index in [-0.39, 0.29) is 12.4 Å². The minimum Gasteiger partial charge on any atom is -0.314 e. The molecule has 1 unspecified atom stereocenters. The van der Waals surface area contributed by atoms with E-state index < -0.39 is 0 Å². The van der Waals surface area contributed by atoms with Gasteiger partial charge in [-0.2, -0.15) is 5.10 Å². The highest BCUT2D eigenvalue weighted by atomic mass is 35.5. The van der Waals surface area contributed by atoms with E-state index >= 15 is 0 Å². The highest BCUT2D eigenvalue weighted by molar-refractivity contribution is 5.85. The summed E-state index contributed by atoms with van der Waals surface area (Å²) in [7, 11) is 0. The molecule has 1 aliphatic rings. The minimum absolute atomic E-state index is 0. The van der Waals surface area contributed by atoms with Crippen molar-refractivity contribution >= 4 is 12.4 Å². The van der Waals surface area contributed by atoms with E-state index in [0.717, 1.165) is 31.9 Å². The van der Waals surface area contributed by atoms with Crippen LogP contribution >= 0.6 is 12.4 Å². The van der Waals surface area contributed by atoms with Gasteiger partial charge in [0.25, 0.3) is 0 Å². The lowest BCUT2D eigenvalue weighted by molar-refractivity contribution is 0.153. The molecule has 1 atom stereocenters. The lowest BCUT2D eigenvalue weighted by atomic mass is 10.0. The number of benzene rings is 1. The third-order valence-corrected chi connectivity index (χ3v) is 4.43. The molecule has 3 aromatic rings. The maximum Gasteiger partial charge on any atom is 0.138 e. The van der Waals surface area contributed by atoms with Crippen LogP contribution in [0.15, 0.2) is 61.4 Å². The first kappa shape index (κ1) is 17.5. The van der Waals surface area contributed by atoms with Crippen LogP contribution in [-0.2, 0) is 6.54 Å². The van der Waals surface area contributed by atoms with Crippen molar-refractivity contribution in [3.63, 3.8) is 0 Å². The maximum atomic E-state index is 4.27. The number of hydrogen-bond donors (Lipinski definition) is 1. The largest absolute Gasteiger partial charge is 0.314 e. The third-order valence-electron chi connectivity index (χ3n) is 4.43. The van der Waals surface area contributed by atoms with Gasteiger partial charge in [0.05, 0.1) is 5.69 Å². The molecule has 0 spiro atoms. The molecule has 1 saturated heterocycles. The molecule has 1 aliphatic heterocycles. The summed E-state index contributed by atoms with van der Waals surface area (Å²) < 4.78 is 1.77. The van der Waals surface area contributed by atoms with Gasteiger partial charge in [-0.3, -0.25) is 9.88 Å². The molecule has 2 aromatic heterocycles. The molecule has 1 N–H and O–H groups in total.